The molecule has 3 heterocycles. The van der Waals surface area contributed by atoms with Crippen molar-refractivity contribution in [3.63, 3.8) is 0 Å². The summed E-state index contributed by atoms with van der Waals surface area (Å²) < 4.78 is 18.1. The number of nitrogens with zero attached hydrogens (tertiary/aromatic N) is 3. The first kappa shape index (κ1) is 26.6. The van der Waals surface area contributed by atoms with Crippen molar-refractivity contribution in [3.8, 4) is 17.2 Å². The lowest BCUT2D eigenvalue weighted by Gasteiger charge is -2.48. The van der Waals surface area contributed by atoms with Gasteiger partial charge in [0.05, 0.1) is 5.69 Å². The number of benzene rings is 2. The topological polar surface area (TPSA) is 67.4 Å². The van der Waals surface area contributed by atoms with E-state index in [4.69, 9.17) is 9.16 Å². The molecule has 8 heteroatoms. The van der Waals surface area contributed by atoms with Gasteiger partial charge in [-0.05, 0) is 60.7 Å². The normalized spacial score (nSPS) is 20.2. The molecule has 2 aliphatic heterocycles. The van der Waals surface area contributed by atoms with Crippen molar-refractivity contribution < 1.29 is 9.16 Å². The second kappa shape index (κ2) is 9.33. The molecule has 0 spiro atoms. The first-order chi connectivity index (χ1) is 17.9. The molecule has 2 atom stereocenters. The van der Waals surface area contributed by atoms with E-state index in [1.165, 1.54) is 4.57 Å². The second-order valence-corrected chi connectivity index (χ2v) is 17.7. The average molecular weight is 536 g/mol. The lowest BCUT2D eigenvalue weighted by molar-refractivity contribution is -0.0115. The highest BCUT2D eigenvalue weighted by molar-refractivity contribution is 6.78. The molecule has 1 aromatic heterocycles. The Labute approximate surface area is 226 Å². The zero-order valence-electron chi connectivity index (χ0n) is 23.9. The third kappa shape index (κ3) is 3.91. The summed E-state index contributed by atoms with van der Waals surface area (Å²) in [4.78, 5) is 27.1. The van der Waals surface area contributed by atoms with Crippen LogP contribution in [-0.2, 0) is 6.54 Å². The molecule has 2 aliphatic rings. The van der Waals surface area contributed by atoms with Gasteiger partial charge in [0.15, 0.2) is 0 Å². The van der Waals surface area contributed by atoms with E-state index < -0.39 is 13.9 Å². The number of ether oxygens (including phenoxy) is 1. The van der Waals surface area contributed by atoms with Crippen molar-refractivity contribution in [1.29, 1.82) is 0 Å². The minimum Gasteiger partial charge on any atom is -0.543 e. The first-order valence-electron chi connectivity index (χ1n) is 13.9. The largest absolute Gasteiger partial charge is 0.543 e. The number of fused-ring (bicyclic) bond motifs is 5. The Bertz CT molecular complexity index is 1430. The van der Waals surface area contributed by atoms with Gasteiger partial charge in [-0.15, -0.1) is 0 Å². The van der Waals surface area contributed by atoms with Gasteiger partial charge in [-0.2, -0.15) is 0 Å². The summed E-state index contributed by atoms with van der Waals surface area (Å²) in [6.07, 6.45) is 0.755. The predicted molar refractivity (Wildman–Crippen MR) is 154 cm³/mol. The van der Waals surface area contributed by atoms with Crippen LogP contribution in [0, 0.1) is 0 Å². The van der Waals surface area contributed by atoms with Gasteiger partial charge >= 0.3 is 11.4 Å². The molecule has 0 bridgehead atoms. The number of hydrogen-bond donors (Lipinski definition) is 0. The Morgan fingerprint density at radius 3 is 2.16 bits per heavy atom. The molecule has 0 amide bonds. The van der Waals surface area contributed by atoms with Crippen molar-refractivity contribution in [3.05, 3.63) is 75.1 Å². The van der Waals surface area contributed by atoms with Crippen LogP contribution in [0.25, 0.3) is 5.69 Å². The Morgan fingerprint density at radius 1 is 0.921 bits per heavy atom. The van der Waals surface area contributed by atoms with Gasteiger partial charge in [0.25, 0.3) is 8.32 Å². The van der Waals surface area contributed by atoms with E-state index in [9.17, 15) is 9.59 Å². The Balaban J connectivity index is 1.58. The van der Waals surface area contributed by atoms with Gasteiger partial charge in [-0.1, -0.05) is 65.8 Å². The Kier molecular flexibility index (Phi) is 6.53. The maximum atomic E-state index is 13.7. The molecule has 0 fully saturated rings. The Morgan fingerprint density at radius 2 is 1.55 bits per heavy atom. The number of aromatic nitrogens is 3. The smallest absolute Gasteiger partial charge is 0.352 e. The molecule has 0 saturated carbocycles. The van der Waals surface area contributed by atoms with Crippen LogP contribution >= 0.6 is 0 Å². The number of para-hydroxylation sites is 1. The molecule has 204 valence electrons. The molecule has 0 aliphatic carbocycles. The van der Waals surface area contributed by atoms with Crippen LogP contribution < -0.4 is 20.5 Å². The van der Waals surface area contributed by atoms with Crippen LogP contribution in [0.2, 0.25) is 16.6 Å². The number of rotatable bonds is 6. The predicted octanol–water partition coefficient (Wildman–Crippen LogP) is 6.25. The van der Waals surface area contributed by atoms with Crippen LogP contribution in [-0.4, -0.2) is 27.8 Å². The van der Waals surface area contributed by atoms with Crippen molar-refractivity contribution in [2.45, 2.75) is 103 Å². The summed E-state index contributed by atoms with van der Waals surface area (Å²) in [6.45, 7) is 18.2. The fourth-order valence-corrected chi connectivity index (χ4v) is 12.6. The lowest BCUT2D eigenvalue weighted by Crippen LogP contribution is -2.53. The zero-order chi connectivity index (χ0) is 27.6. The molecular weight excluding hydrogens is 494 g/mol. The van der Waals surface area contributed by atoms with E-state index in [0.717, 1.165) is 23.5 Å². The third-order valence-electron chi connectivity index (χ3n) is 8.84. The van der Waals surface area contributed by atoms with Crippen molar-refractivity contribution in [2.75, 3.05) is 0 Å². The van der Waals surface area contributed by atoms with E-state index in [2.05, 4.69) is 59.7 Å². The lowest BCUT2D eigenvalue weighted by atomic mass is 9.77. The quantitative estimate of drug-likeness (QED) is 0.350. The van der Waals surface area contributed by atoms with E-state index in [1.54, 1.807) is 21.5 Å². The molecule has 0 N–H and O–H groups in total. The molecule has 0 saturated heterocycles. The summed E-state index contributed by atoms with van der Waals surface area (Å²) in [5.74, 6) is 1.73. The van der Waals surface area contributed by atoms with Crippen molar-refractivity contribution in [1.82, 2.24) is 13.9 Å². The average Bonchev–Trinajstić information content (AvgIpc) is 3.11. The molecule has 0 radical (unpaired) electrons. The maximum absolute atomic E-state index is 13.7. The fourth-order valence-electron chi connectivity index (χ4n) is 7.33. The highest BCUT2D eigenvalue weighted by Crippen LogP contribution is 2.52. The van der Waals surface area contributed by atoms with Crippen molar-refractivity contribution >= 4 is 8.32 Å². The second-order valence-electron chi connectivity index (χ2n) is 12.4. The highest BCUT2D eigenvalue weighted by atomic mass is 28.4. The standard InChI is InChI=1S/C30H41N3O4Si/c1-19(2)38(20(3)4,21(5)6)37-23-14-15-24-25-16-17-31-28(34)32(22-12-10-9-11-13-22)29(35)33(31)27(25)30(7,8)36-26(24)18-23/h9-15,18-21,25,27H,16-17H2,1-8H3/t25-,27-/m0/s1. The summed E-state index contributed by atoms with van der Waals surface area (Å²) in [6, 6.07) is 15.1. The van der Waals surface area contributed by atoms with Crippen LogP contribution in [0.4, 0.5) is 0 Å². The van der Waals surface area contributed by atoms with E-state index in [1.807, 2.05) is 32.0 Å². The molecule has 7 nitrogen and oxygen atoms in total. The molecule has 0 unspecified atom stereocenters. The molecule has 38 heavy (non-hydrogen) atoms. The monoisotopic (exact) mass is 535 g/mol. The molecular formula is C30H41N3O4Si. The third-order valence-corrected chi connectivity index (χ3v) is 14.8. The molecule has 5 rings (SSSR count). The van der Waals surface area contributed by atoms with Gasteiger partial charge < -0.3 is 9.16 Å². The van der Waals surface area contributed by atoms with Crippen LogP contribution in [0.3, 0.4) is 0 Å². The van der Waals surface area contributed by atoms with Gasteiger partial charge in [0, 0.05) is 18.5 Å². The Hall–Kier alpha value is -3.00. The van der Waals surface area contributed by atoms with Gasteiger partial charge in [0.1, 0.15) is 23.1 Å². The summed E-state index contributed by atoms with van der Waals surface area (Å²) in [5.41, 5.74) is 1.73. The molecule has 2 aromatic carbocycles. The summed E-state index contributed by atoms with van der Waals surface area (Å²) in [5, 5.41) is 0. The summed E-state index contributed by atoms with van der Waals surface area (Å²) in [7, 11) is -2.12. The van der Waals surface area contributed by atoms with E-state index >= 15 is 0 Å². The minimum atomic E-state index is -2.12. The maximum Gasteiger partial charge on any atom is 0.352 e. The van der Waals surface area contributed by atoms with E-state index in [-0.39, 0.29) is 23.3 Å². The van der Waals surface area contributed by atoms with Crippen LogP contribution in [0.15, 0.2) is 58.1 Å². The zero-order valence-corrected chi connectivity index (χ0v) is 24.9. The van der Waals surface area contributed by atoms with Crippen LogP contribution in [0.1, 0.15) is 79.3 Å². The molecule has 3 aromatic rings. The summed E-state index contributed by atoms with van der Waals surface area (Å²) >= 11 is 0. The van der Waals surface area contributed by atoms with E-state index in [0.29, 0.717) is 28.9 Å². The fraction of sp³-hybridized carbons (Fsp3) is 0.533. The van der Waals surface area contributed by atoms with Gasteiger partial charge in [-0.3, -0.25) is 0 Å². The first-order valence-corrected chi connectivity index (χ1v) is 16.1. The SMILES string of the molecule is CC(C)[Si](Oc1ccc2c(c1)OC(C)(C)[C@@H]1[C@H]2CCn2c(=O)n(-c3ccccc3)c(=O)n21)(C(C)C)C(C)C. The van der Waals surface area contributed by atoms with Gasteiger partial charge in [-0.25, -0.2) is 23.5 Å². The van der Waals surface area contributed by atoms with Gasteiger partial charge in [0.2, 0.25) is 0 Å². The number of hydrogen-bond acceptors (Lipinski definition) is 4. The van der Waals surface area contributed by atoms with Crippen LogP contribution in [0.5, 0.6) is 11.5 Å². The highest BCUT2D eigenvalue weighted by Gasteiger charge is 2.50. The van der Waals surface area contributed by atoms with Crippen molar-refractivity contribution in [2.24, 2.45) is 0 Å². The minimum absolute atomic E-state index is 0.0498.